The average molecular weight is 382 g/mol. The number of H-pyrrole nitrogens is 1. The first-order chi connectivity index (χ1) is 14.2. The Kier molecular flexibility index (Phi) is 5.29. The topological polar surface area (TPSA) is 72.0 Å². The fourth-order valence-corrected chi connectivity index (χ4v) is 3.14. The van der Waals surface area contributed by atoms with Crippen LogP contribution in [-0.2, 0) is 9.53 Å². The average Bonchev–Trinajstić information content (AvgIpc) is 3.17. The van der Waals surface area contributed by atoms with Crippen LogP contribution in [0.1, 0.15) is 16.1 Å². The number of rotatable bonds is 6. The largest absolute Gasteiger partial charge is 0.454 e. The molecule has 2 aromatic heterocycles. The molecule has 0 aliphatic rings. The summed E-state index contributed by atoms with van der Waals surface area (Å²) in [4.78, 5) is 32.4. The van der Waals surface area contributed by atoms with E-state index in [4.69, 9.17) is 4.74 Å². The molecule has 4 rings (SSSR count). The Morgan fingerprint density at radius 3 is 2.48 bits per heavy atom. The summed E-state index contributed by atoms with van der Waals surface area (Å²) in [6.45, 7) is -0.340. The Balaban J connectivity index is 1.55. The predicted octanol–water partition coefficient (Wildman–Crippen LogP) is 4.67. The Morgan fingerprint density at radius 1 is 0.931 bits per heavy atom. The van der Waals surface area contributed by atoms with Gasteiger partial charge >= 0.3 is 5.97 Å². The van der Waals surface area contributed by atoms with Gasteiger partial charge in [0.05, 0.1) is 17.0 Å². The van der Waals surface area contributed by atoms with Crippen molar-refractivity contribution in [2.24, 2.45) is 0 Å². The van der Waals surface area contributed by atoms with Crippen LogP contribution in [0, 0.1) is 0 Å². The van der Waals surface area contributed by atoms with Crippen LogP contribution in [0.25, 0.3) is 28.2 Å². The van der Waals surface area contributed by atoms with Crippen molar-refractivity contribution < 1.29 is 14.3 Å². The van der Waals surface area contributed by atoms with E-state index in [1.807, 2.05) is 60.7 Å². The lowest BCUT2D eigenvalue weighted by molar-refractivity contribution is -0.136. The second-order valence-electron chi connectivity index (χ2n) is 6.41. The molecule has 0 saturated heterocycles. The van der Waals surface area contributed by atoms with Gasteiger partial charge in [0.25, 0.3) is 0 Å². The van der Waals surface area contributed by atoms with Gasteiger partial charge in [0, 0.05) is 23.2 Å². The molecule has 0 atom stereocenters. The highest BCUT2D eigenvalue weighted by Gasteiger charge is 2.20. The third kappa shape index (κ3) is 4.14. The molecule has 0 aliphatic carbocycles. The zero-order chi connectivity index (χ0) is 20.1. The van der Waals surface area contributed by atoms with E-state index in [0.717, 1.165) is 22.2 Å². The molecule has 1 N–H and O–H groups in total. The van der Waals surface area contributed by atoms with Gasteiger partial charge in [-0.3, -0.25) is 9.78 Å². The number of para-hydroxylation sites is 1. The summed E-state index contributed by atoms with van der Waals surface area (Å²) >= 11 is 0. The molecule has 0 radical (unpaired) electrons. The molecule has 0 fully saturated rings. The molecule has 0 amide bonds. The molecule has 0 saturated carbocycles. The first-order valence-electron chi connectivity index (χ1n) is 9.17. The molecule has 5 heteroatoms. The Hall–Kier alpha value is -3.99. The maximum Gasteiger partial charge on any atom is 0.331 e. The molecule has 0 unspecified atom stereocenters. The number of benzene rings is 2. The first kappa shape index (κ1) is 18.4. The van der Waals surface area contributed by atoms with Gasteiger partial charge in [-0.05, 0) is 29.8 Å². The van der Waals surface area contributed by atoms with Crippen molar-refractivity contribution in [1.29, 1.82) is 0 Å². The van der Waals surface area contributed by atoms with Crippen molar-refractivity contribution in [2.45, 2.75) is 0 Å². The van der Waals surface area contributed by atoms with Crippen molar-refractivity contribution >= 4 is 28.7 Å². The number of pyridine rings is 1. The summed E-state index contributed by atoms with van der Waals surface area (Å²) in [6.07, 6.45) is 4.45. The molecule has 0 bridgehead atoms. The quantitative estimate of drug-likeness (QED) is 0.299. The molecular weight excluding hydrogens is 364 g/mol. The number of ether oxygens (including phenoxy) is 1. The van der Waals surface area contributed by atoms with Crippen LogP contribution < -0.4 is 0 Å². The van der Waals surface area contributed by atoms with E-state index < -0.39 is 5.97 Å². The molecule has 2 heterocycles. The van der Waals surface area contributed by atoms with Gasteiger partial charge in [-0.2, -0.15) is 0 Å². The monoisotopic (exact) mass is 382 g/mol. The number of esters is 1. The number of aromatic amines is 1. The Bertz CT molecular complexity index is 1180. The van der Waals surface area contributed by atoms with Crippen LogP contribution >= 0.6 is 0 Å². The molecule has 29 heavy (non-hydrogen) atoms. The normalized spacial score (nSPS) is 11.0. The van der Waals surface area contributed by atoms with Crippen LogP contribution in [-0.4, -0.2) is 28.3 Å². The van der Waals surface area contributed by atoms with Crippen molar-refractivity contribution in [2.75, 3.05) is 6.61 Å². The van der Waals surface area contributed by atoms with Crippen LogP contribution in [0.3, 0.4) is 0 Å². The van der Waals surface area contributed by atoms with Crippen molar-refractivity contribution in [3.8, 4) is 11.3 Å². The summed E-state index contributed by atoms with van der Waals surface area (Å²) in [5.74, 6) is -0.856. The van der Waals surface area contributed by atoms with Gasteiger partial charge in [0.15, 0.2) is 6.61 Å². The van der Waals surface area contributed by atoms with E-state index in [2.05, 4.69) is 9.97 Å². The van der Waals surface area contributed by atoms with Crippen LogP contribution in [0.15, 0.2) is 85.1 Å². The lowest BCUT2D eigenvalue weighted by Crippen LogP contribution is -2.13. The number of ketones is 1. The minimum absolute atomic E-state index is 0.263. The lowest BCUT2D eigenvalue weighted by atomic mass is 10.0. The summed E-state index contributed by atoms with van der Waals surface area (Å²) in [5, 5.41) is 0.802. The van der Waals surface area contributed by atoms with E-state index in [1.54, 1.807) is 24.4 Å². The third-order valence-corrected chi connectivity index (χ3v) is 4.47. The number of carbonyl (C=O) groups excluding carboxylic acids is 2. The van der Waals surface area contributed by atoms with Crippen LogP contribution in [0.2, 0.25) is 0 Å². The number of hydrogen-bond donors (Lipinski definition) is 1. The van der Waals surface area contributed by atoms with Crippen LogP contribution in [0.5, 0.6) is 0 Å². The van der Waals surface area contributed by atoms with Crippen molar-refractivity contribution in [1.82, 2.24) is 9.97 Å². The highest BCUT2D eigenvalue weighted by Crippen LogP contribution is 2.30. The molecule has 2 aromatic carbocycles. The number of carbonyl (C=O) groups is 2. The highest BCUT2D eigenvalue weighted by atomic mass is 16.5. The van der Waals surface area contributed by atoms with E-state index in [0.29, 0.717) is 11.3 Å². The lowest BCUT2D eigenvalue weighted by Gasteiger charge is -2.05. The Labute approximate surface area is 167 Å². The number of nitrogens with one attached hydrogen (secondary N) is 1. The minimum Gasteiger partial charge on any atom is -0.454 e. The molecule has 142 valence electrons. The fourth-order valence-electron chi connectivity index (χ4n) is 3.14. The summed E-state index contributed by atoms with van der Waals surface area (Å²) in [7, 11) is 0. The maximum absolute atomic E-state index is 13.0. The number of hydrogen-bond acceptors (Lipinski definition) is 4. The van der Waals surface area contributed by atoms with Crippen molar-refractivity contribution in [3.63, 3.8) is 0 Å². The maximum atomic E-state index is 13.0. The third-order valence-electron chi connectivity index (χ3n) is 4.47. The summed E-state index contributed by atoms with van der Waals surface area (Å²) in [5.41, 5.74) is 3.63. The number of aromatic nitrogens is 2. The van der Waals surface area contributed by atoms with Gasteiger partial charge in [-0.1, -0.05) is 54.6 Å². The van der Waals surface area contributed by atoms with E-state index >= 15 is 0 Å². The molecule has 0 spiro atoms. The zero-order valence-corrected chi connectivity index (χ0v) is 15.5. The SMILES string of the molecule is O=C(C=Cc1ccccn1)OCC(=O)c1c(-c2ccccc2)[nH]c2ccccc12. The zero-order valence-electron chi connectivity index (χ0n) is 15.5. The number of Topliss-reactive ketones (excluding diaryl/α,β-unsaturated/α-hetero) is 1. The smallest absolute Gasteiger partial charge is 0.331 e. The van der Waals surface area contributed by atoms with Gasteiger partial charge < -0.3 is 9.72 Å². The predicted molar refractivity (Wildman–Crippen MR) is 112 cm³/mol. The van der Waals surface area contributed by atoms with Gasteiger partial charge in [0.2, 0.25) is 5.78 Å². The van der Waals surface area contributed by atoms with Crippen LogP contribution in [0.4, 0.5) is 0 Å². The fraction of sp³-hybridized carbons (Fsp3) is 0.0417. The number of nitrogens with zero attached hydrogens (tertiary/aromatic N) is 1. The molecule has 5 nitrogen and oxygen atoms in total. The van der Waals surface area contributed by atoms with E-state index in [1.165, 1.54) is 6.08 Å². The standard InChI is InChI=1S/C24H18N2O3/c27-21(16-29-22(28)14-13-18-10-6-7-15-25-18)23-19-11-4-5-12-20(19)26-24(23)17-8-2-1-3-9-17/h1-15,26H,16H2. The number of fused-ring (bicyclic) bond motifs is 1. The molecule has 0 aliphatic heterocycles. The molecular formula is C24H18N2O3. The van der Waals surface area contributed by atoms with E-state index in [-0.39, 0.29) is 12.4 Å². The first-order valence-corrected chi connectivity index (χ1v) is 9.17. The highest BCUT2D eigenvalue weighted by molar-refractivity contribution is 6.14. The summed E-state index contributed by atoms with van der Waals surface area (Å²) in [6, 6.07) is 22.6. The van der Waals surface area contributed by atoms with Crippen molar-refractivity contribution in [3.05, 3.63) is 96.3 Å². The van der Waals surface area contributed by atoms with Gasteiger partial charge in [-0.15, -0.1) is 0 Å². The summed E-state index contributed by atoms with van der Waals surface area (Å²) < 4.78 is 5.17. The Morgan fingerprint density at radius 2 is 1.69 bits per heavy atom. The van der Waals surface area contributed by atoms with Gasteiger partial charge in [0.1, 0.15) is 0 Å². The van der Waals surface area contributed by atoms with Gasteiger partial charge in [-0.25, -0.2) is 4.79 Å². The minimum atomic E-state index is -0.592. The second-order valence-corrected chi connectivity index (χ2v) is 6.41. The molecule has 4 aromatic rings. The second kappa shape index (κ2) is 8.35. The van der Waals surface area contributed by atoms with E-state index in [9.17, 15) is 9.59 Å².